The van der Waals surface area contributed by atoms with Crippen LogP contribution in [0.2, 0.25) is 0 Å². The van der Waals surface area contributed by atoms with Gasteiger partial charge >= 0.3 is 5.97 Å². The van der Waals surface area contributed by atoms with Crippen LogP contribution in [0, 0.1) is 0 Å². The number of hydrogen-bond donors (Lipinski definition) is 3. The number of aromatic nitrogens is 3. The summed E-state index contributed by atoms with van der Waals surface area (Å²) in [6.45, 7) is 0.358. The number of anilines is 1. The summed E-state index contributed by atoms with van der Waals surface area (Å²) in [6.07, 6.45) is 1.29. The summed E-state index contributed by atoms with van der Waals surface area (Å²) >= 11 is 0. The maximum absolute atomic E-state index is 12.0. The van der Waals surface area contributed by atoms with Gasteiger partial charge < -0.3 is 15.7 Å². The second kappa shape index (κ2) is 6.62. The third-order valence-electron chi connectivity index (χ3n) is 2.63. The van der Waals surface area contributed by atoms with E-state index in [0.717, 1.165) is 10.2 Å². The molecule has 0 saturated carbocycles. The highest BCUT2D eigenvalue weighted by atomic mass is 16.4. The molecule has 2 rings (SSSR count). The van der Waals surface area contributed by atoms with E-state index in [0.29, 0.717) is 12.2 Å². The zero-order valence-electron chi connectivity index (χ0n) is 11.4. The average molecular weight is 289 g/mol. The lowest BCUT2D eigenvalue weighted by molar-refractivity contribution is -0.137. The van der Waals surface area contributed by atoms with E-state index in [9.17, 15) is 9.59 Å². The van der Waals surface area contributed by atoms with Crippen molar-refractivity contribution >= 4 is 17.6 Å². The zero-order valence-corrected chi connectivity index (χ0v) is 11.4. The van der Waals surface area contributed by atoms with Gasteiger partial charge in [-0.05, 0) is 24.7 Å². The summed E-state index contributed by atoms with van der Waals surface area (Å²) in [7, 11) is 1.84. The maximum Gasteiger partial charge on any atom is 0.325 e. The molecule has 0 aliphatic rings. The molecule has 21 heavy (non-hydrogen) atoms. The molecule has 8 nitrogen and oxygen atoms in total. The summed E-state index contributed by atoms with van der Waals surface area (Å²) in [5, 5.41) is 21.6. The van der Waals surface area contributed by atoms with Gasteiger partial charge in [-0.3, -0.25) is 9.59 Å². The highest BCUT2D eigenvalue weighted by Crippen LogP contribution is 2.11. The first kappa shape index (κ1) is 14.7. The summed E-state index contributed by atoms with van der Waals surface area (Å²) in [5.74, 6) is -1.49. The first-order valence-electron chi connectivity index (χ1n) is 6.25. The van der Waals surface area contributed by atoms with Crippen LogP contribution in [0.4, 0.5) is 5.69 Å². The fraction of sp³-hybridized carbons (Fsp3) is 0.231. The van der Waals surface area contributed by atoms with Crippen LogP contribution in [0.1, 0.15) is 16.1 Å². The molecule has 0 aliphatic heterocycles. The fourth-order valence-corrected chi connectivity index (χ4v) is 1.78. The normalized spacial score (nSPS) is 10.3. The van der Waals surface area contributed by atoms with E-state index in [2.05, 4.69) is 20.9 Å². The molecule has 1 aromatic carbocycles. The van der Waals surface area contributed by atoms with Gasteiger partial charge in [-0.15, -0.1) is 5.10 Å². The Hall–Kier alpha value is -2.74. The molecule has 110 valence electrons. The van der Waals surface area contributed by atoms with Crippen molar-refractivity contribution in [2.24, 2.45) is 0 Å². The number of carbonyl (C=O) groups excluding carboxylic acids is 1. The van der Waals surface area contributed by atoms with E-state index >= 15 is 0 Å². The number of nitrogens with one attached hydrogen (secondary N) is 2. The van der Waals surface area contributed by atoms with Crippen LogP contribution >= 0.6 is 0 Å². The Morgan fingerprint density at radius 2 is 2.19 bits per heavy atom. The van der Waals surface area contributed by atoms with Gasteiger partial charge in [0.1, 0.15) is 6.54 Å². The second-order valence-corrected chi connectivity index (χ2v) is 4.38. The van der Waals surface area contributed by atoms with E-state index in [-0.39, 0.29) is 12.2 Å². The van der Waals surface area contributed by atoms with Gasteiger partial charge in [0, 0.05) is 12.2 Å². The smallest absolute Gasteiger partial charge is 0.325 e. The van der Waals surface area contributed by atoms with Gasteiger partial charge in [0.2, 0.25) is 0 Å². The molecule has 0 saturated heterocycles. The number of carboxylic acids is 1. The Morgan fingerprint density at radius 1 is 1.38 bits per heavy atom. The molecule has 1 aromatic heterocycles. The highest BCUT2D eigenvalue weighted by molar-refractivity contribution is 6.02. The van der Waals surface area contributed by atoms with Crippen LogP contribution < -0.4 is 10.6 Å². The lowest BCUT2D eigenvalue weighted by Crippen LogP contribution is -2.13. The number of carboxylic acid groups (broad SMARTS) is 1. The number of nitrogens with zero attached hydrogens (tertiary/aromatic N) is 3. The number of amides is 1. The molecule has 2 aromatic rings. The van der Waals surface area contributed by atoms with E-state index in [1.54, 1.807) is 6.07 Å². The van der Waals surface area contributed by atoms with Crippen molar-refractivity contribution < 1.29 is 14.7 Å². The van der Waals surface area contributed by atoms with Crippen LogP contribution in [-0.2, 0) is 17.9 Å². The van der Waals surface area contributed by atoms with Gasteiger partial charge in [0.25, 0.3) is 5.91 Å². The standard InChI is InChI=1S/C13H15N5O3/c1-14-6-9-3-2-4-10(5-9)15-13(21)11-7-18(17-16-11)8-12(19)20/h2-5,7,14H,6,8H2,1H3,(H,15,21)(H,19,20). The lowest BCUT2D eigenvalue weighted by atomic mass is 10.2. The number of rotatable bonds is 6. The Labute approximate surface area is 120 Å². The predicted molar refractivity (Wildman–Crippen MR) is 74.8 cm³/mol. The van der Waals surface area contributed by atoms with Crippen molar-refractivity contribution in [1.29, 1.82) is 0 Å². The second-order valence-electron chi connectivity index (χ2n) is 4.38. The number of hydrogen-bond acceptors (Lipinski definition) is 5. The van der Waals surface area contributed by atoms with E-state index in [1.807, 2.05) is 25.2 Å². The SMILES string of the molecule is CNCc1cccc(NC(=O)c2cn(CC(=O)O)nn2)c1. The molecule has 0 atom stereocenters. The molecule has 0 aliphatic carbocycles. The number of benzene rings is 1. The summed E-state index contributed by atoms with van der Waals surface area (Å²) in [4.78, 5) is 22.5. The Balaban J connectivity index is 2.05. The Morgan fingerprint density at radius 3 is 2.90 bits per heavy atom. The molecule has 8 heteroatoms. The average Bonchev–Trinajstić information content (AvgIpc) is 2.87. The van der Waals surface area contributed by atoms with Gasteiger partial charge in [-0.1, -0.05) is 17.3 Å². The minimum Gasteiger partial charge on any atom is -0.480 e. The molecule has 0 bridgehead atoms. The molecule has 0 unspecified atom stereocenters. The minimum absolute atomic E-state index is 0.0651. The highest BCUT2D eigenvalue weighted by Gasteiger charge is 2.12. The quantitative estimate of drug-likeness (QED) is 0.707. The van der Waals surface area contributed by atoms with Crippen molar-refractivity contribution in [3.63, 3.8) is 0 Å². The zero-order chi connectivity index (χ0) is 15.2. The van der Waals surface area contributed by atoms with Crippen LogP contribution in [-0.4, -0.2) is 39.0 Å². The van der Waals surface area contributed by atoms with Gasteiger partial charge in [0.15, 0.2) is 5.69 Å². The Bertz CT molecular complexity index is 653. The number of aliphatic carboxylic acids is 1. The third kappa shape index (κ3) is 4.11. The molecule has 0 radical (unpaired) electrons. The van der Waals surface area contributed by atoms with E-state index in [4.69, 9.17) is 5.11 Å². The van der Waals surface area contributed by atoms with Crippen molar-refractivity contribution in [2.45, 2.75) is 13.1 Å². The summed E-state index contributed by atoms with van der Waals surface area (Å²) in [6, 6.07) is 7.38. The first-order chi connectivity index (χ1) is 10.1. The van der Waals surface area contributed by atoms with Crippen molar-refractivity contribution in [3.8, 4) is 0 Å². The van der Waals surface area contributed by atoms with Crippen molar-refractivity contribution in [3.05, 3.63) is 41.7 Å². The van der Waals surface area contributed by atoms with Crippen molar-refractivity contribution in [2.75, 3.05) is 12.4 Å². The molecule has 1 heterocycles. The maximum atomic E-state index is 12.0. The van der Waals surface area contributed by atoms with Crippen LogP contribution in [0.3, 0.4) is 0 Å². The number of carbonyl (C=O) groups is 2. The van der Waals surface area contributed by atoms with Gasteiger partial charge in [0.05, 0.1) is 6.20 Å². The third-order valence-corrected chi connectivity index (χ3v) is 2.63. The predicted octanol–water partition coefficient (Wildman–Crippen LogP) is 0.334. The molecule has 0 fully saturated rings. The summed E-state index contributed by atoms with van der Waals surface area (Å²) in [5.41, 5.74) is 1.74. The topological polar surface area (TPSA) is 109 Å². The first-order valence-corrected chi connectivity index (χ1v) is 6.25. The monoisotopic (exact) mass is 289 g/mol. The Kier molecular flexibility index (Phi) is 4.62. The molecule has 3 N–H and O–H groups in total. The molecule has 0 spiro atoms. The van der Waals surface area contributed by atoms with Gasteiger partial charge in [-0.25, -0.2) is 4.68 Å². The summed E-state index contributed by atoms with van der Waals surface area (Å²) < 4.78 is 1.09. The molecule has 1 amide bonds. The molecular formula is C13H15N5O3. The van der Waals surface area contributed by atoms with Gasteiger partial charge in [-0.2, -0.15) is 0 Å². The lowest BCUT2D eigenvalue weighted by Gasteiger charge is -2.05. The van der Waals surface area contributed by atoms with E-state index < -0.39 is 11.9 Å². The minimum atomic E-state index is -1.05. The van der Waals surface area contributed by atoms with E-state index in [1.165, 1.54) is 6.20 Å². The fourth-order valence-electron chi connectivity index (χ4n) is 1.78. The largest absolute Gasteiger partial charge is 0.480 e. The van der Waals surface area contributed by atoms with Crippen LogP contribution in [0.5, 0.6) is 0 Å². The van der Waals surface area contributed by atoms with Crippen LogP contribution in [0.15, 0.2) is 30.5 Å². The van der Waals surface area contributed by atoms with Crippen LogP contribution in [0.25, 0.3) is 0 Å². The van der Waals surface area contributed by atoms with Crippen molar-refractivity contribution in [1.82, 2.24) is 20.3 Å². The molecular weight excluding hydrogens is 274 g/mol.